The van der Waals surface area contributed by atoms with Crippen LogP contribution in [-0.2, 0) is 5.54 Å². The minimum absolute atomic E-state index is 0.0356. The Hall–Kier alpha value is -3.07. The number of aromatic nitrogens is 3. The van der Waals surface area contributed by atoms with E-state index >= 15 is 0 Å². The van der Waals surface area contributed by atoms with Gasteiger partial charge in [0.15, 0.2) is 0 Å². The summed E-state index contributed by atoms with van der Waals surface area (Å²) in [5.41, 5.74) is -0.606. The lowest BCUT2D eigenvalue weighted by atomic mass is 9.86. The molecule has 0 aliphatic carbocycles. The van der Waals surface area contributed by atoms with Crippen LogP contribution in [0.4, 0.5) is 8.78 Å². The number of carboxylic acids is 1. The molecule has 3 rings (SSSR count). The van der Waals surface area contributed by atoms with Crippen molar-refractivity contribution in [3.8, 4) is 17.0 Å². The molecular weight excluding hydrogens is 384 g/mol. The number of hydrogen-bond donors (Lipinski definition) is 2. The Bertz CT molecular complexity index is 1070. The maximum Gasteiger partial charge on any atom is 0.387 e. The fourth-order valence-electron chi connectivity index (χ4n) is 2.81. The molecule has 1 aromatic carbocycles. The lowest BCUT2D eigenvalue weighted by molar-refractivity contribution is -0.0498. The normalized spacial score (nSPS) is 12.6. The van der Waals surface area contributed by atoms with Crippen molar-refractivity contribution in [3.63, 3.8) is 0 Å². The highest BCUT2D eigenvalue weighted by Gasteiger charge is 2.39. The second-order valence-corrected chi connectivity index (χ2v) is 7.68. The van der Waals surface area contributed by atoms with Crippen LogP contribution in [0, 0.1) is 0 Å². The highest BCUT2D eigenvalue weighted by atomic mass is 19.3. The van der Waals surface area contributed by atoms with E-state index in [0.717, 1.165) is 0 Å². The van der Waals surface area contributed by atoms with Crippen LogP contribution in [0.25, 0.3) is 22.3 Å². The standard InChI is InChI=1S/C20H21F2N3O4/c1-19(2,20(3,4)28)25-14-9-12(17(26)27)10-23-16(14)15(24-25)11-6-5-7-13(8-11)29-18(21)22/h5-10,18,28H,1-4H3,(H,26,27). The highest BCUT2D eigenvalue weighted by Crippen LogP contribution is 2.36. The second-order valence-electron chi connectivity index (χ2n) is 7.68. The van der Waals surface area contributed by atoms with E-state index in [1.54, 1.807) is 39.8 Å². The third-order valence-corrected chi connectivity index (χ3v) is 5.13. The number of rotatable bonds is 6. The first-order valence-electron chi connectivity index (χ1n) is 8.82. The van der Waals surface area contributed by atoms with Gasteiger partial charge in [0.1, 0.15) is 17.0 Å². The van der Waals surface area contributed by atoms with E-state index in [-0.39, 0.29) is 11.3 Å². The smallest absolute Gasteiger partial charge is 0.387 e. The number of nitrogens with zero attached hydrogens (tertiary/aromatic N) is 3. The van der Waals surface area contributed by atoms with Crippen molar-refractivity contribution in [2.75, 3.05) is 0 Å². The highest BCUT2D eigenvalue weighted by molar-refractivity contribution is 5.96. The third-order valence-electron chi connectivity index (χ3n) is 5.13. The summed E-state index contributed by atoms with van der Waals surface area (Å²) in [6.45, 7) is 3.78. The van der Waals surface area contributed by atoms with Crippen LogP contribution in [0.5, 0.6) is 5.75 Å². The summed E-state index contributed by atoms with van der Waals surface area (Å²) in [7, 11) is 0. The fraction of sp³-hybridized carbons (Fsp3) is 0.350. The molecule has 0 atom stereocenters. The molecule has 0 aliphatic rings. The van der Waals surface area contributed by atoms with Gasteiger partial charge in [0.2, 0.25) is 0 Å². The molecule has 3 aromatic rings. The van der Waals surface area contributed by atoms with Crippen molar-refractivity contribution in [1.29, 1.82) is 0 Å². The van der Waals surface area contributed by atoms with Crippen molar-refractivity contribution in [2.24, 2.45) is 0 Å². The minimum Gasteiger partial charge on any atom is -0.478 e. The number of aliphatic hydroxyl groups is 1. The number of pyridine rings is 1. The van der Waals surface area contributed by atoms with E-state index in [4.69, 9.17) is 0 Å². The average molecular weight is 405 g/mol. The number of benzene rings is 1. The molecule has 7 nitrogen and oxygen atoms in total. The summed E-state index contributed by atoms with van der Waals surface area (Å²) < 4.78 is 31.1. The van der Waals surface area contributed by atoms with E-state index in [9.17, 15) is 23.8 Å². The minimum atomic E-state index is -2.97. The first kappa shape index (κ1) is 20.7. The summed E-state index contributed by atoms with van der Waals surface area (Å²) in [5, 5.41) is 24.6. The predicted molar refractivity (Wildman–Crippen MR) is 102 cm³/mol. The SMILES string of the molecule is CC(C)(O)C(C)(C)n1nc(-c2cccc(OC(F)F)c2)c2ncc(C(=O)O)cc21. The van der Waals surface area contributed by atoms with Gasteiger partial charge in [-0.05, 0) is 45.9 Å². The van der Waals surface area contributed by atoms with Crippen LogP contribution in [0.15, 0.2) is 36.5 Å². The molecule has 0 bridgehead atoms. The van der Waals surface area contributed by atoms with Crippen molar-refractivity contribution in [3.05, 3.63) is 42.1 Å². The molecule has 0 saturated carbocycles. The number of carboxylic acid groups (broad SMARTS) is 1. The Morgan fingerprint density at radius 3 is 2.48 bits per heavy atom. The maximum atomic E-state index is 12.6. The quantitative estimate of drug-likeness (QED) is 0.646. The number of hydrogen-bond acceptors (Lipinski definition) is 5. The van der Waals surface area contributed by atoms with Crippen molar-refractivity contribution in [1.82, 2.24) is 14.8 Å². The Morgan fingerprint density at radius 1 is 1.21 bits per heavy atom. The van der Waals surface area contributed by atoms with Gasteiger partial charge >= 0.3 is 12.6 Å². The molecule has 0 amide bonds. The lowest BCUT2D eigenvalue weighted by Gasteiger charge is -2.37. The zero-order chi connectivity index (χ0) is 21.6. The second kappa shape index (κ2) is 7.07. The van der Waals surface area contributed by atoms with Gasteiger partial charge < -0.3 is 14.9 Å². The van der Waals surface area contributed by atoms with Crippen LogP contribution in [0.2, 0.25) is 0 Å². The fourth-order valence-corrected chi connectivity index (χ4v) is 2.81. The van der Waals surface area contributed by atoms with Crippen molar-refractivity contribution in [2.45, 2.75) is 45.4 Å². The van der Waals surface area contributed by atoms with Crippen LogP contribution in [0.1, 0.15) is 38.1 Å². The molecule has 29 heavy (non-hydrogen) atoms. The first-order valence-corrected chi connectivity index (χ1v) is 8.82. The van der Waals surface area contributed by atoms with E-state index in [1.165, 1.54) is 29.1 Å². The van der Waals surface area contributed by atoms with Gasteiger partial charge in [0.05, 0.1) is 22.2 Å². The van der Waals surface area contributed by atoms with Gasteiger partial charge in [0, 0.05) is 11.8 Å². The maximum absolute atomic E-state index is 12.6. The van der Waals surface area contributed by atoms with Gasteiger partial charge in [0.25, 0.3) is 0 Å². The van der Waals surface area contributed by atoms with Gasteiger partial charge in [-0.25, -0.2) is 4.79 Å². The molecule has 0 unspecified atom stereocenters. The van der Waals surface area contributed by atoms with Gasteiger partial charge in [-0.1, -0.05) is 12.1 Å². The molecule has 0 saturated heterocycles. The molecule has 0 radical (unpaired) electrons. The van der Waals surface area contributed by atoms with Crippen molar-refractivity contribution >= 4 is 17.0 Å². The van der Waals surface area contributed by atoms with E-state index in [1.807, 2.05) is 0 Å². The molecule has 154 valence electrons. The van der Waals surface area contributed by atoms with Crippen LogP contribution >= 0.6 is 0 Å². The molecular formula is C20H21F2N3O4. The monoisotopic (exact) mass is 405 g/mol. The largest absolute Gasteiger partial charge is 0.478 e. The predicted octanol–water partition coefficient (Wildman–Crippen LogP) is 3.90. The molecule has 2 aromatic heterocycles. The topological polar surface area (TPSA) is 97.5 Å². The van der Waals surface area contributed by atoms with Crippen molar-refractivity contribution < 1.29 is 28.5 Å². The number of alkyl halides is 2. The summed E-state index contributed by atoms with van der Waals surface area (Å²) >= 11 is 0. The third kappa shape index (κ3) is 3.77. The van der Waals surface area contributed by atoms with Gasteiger partial charge in [-0.3, -0.25) is 9.67 Å². The van der Waals surface area contributed by atoms with Crippen LogP contribution in [-0.4, -0.2) is 43.2 Å². The summed E-state index contributed by atoms with van der Waals surface area (Å²) in [6.07, 6.45) is 1.21. The molecule has 0 aliphatic heterocycles. The number of ether oxygens (including phenoxy) is 1. The van der Waals surface area contributed by atoms with E-state index < -0.39 is 23.7 Å². The zero-order valence-electron chi connectivity index (χ0n) is 16.3. The Labute approximate surface area is 165 Å². The number of fused-ring (bicyclic) bond motifs is 1. The Morgan fingerprint density at radius 2 is 1.90 bits per heavy atom. The van der Waals surface area contributed by atoms with Gasteiger partial charge in [-0.2, -0.15) is 13.9 Å². The molecule has 2 heterocycles. The summed E-state index contributed by atoms with van der Waals surface area (Å²) in [4.78, 5) is 15.7. The van der Waals surface area contributed by atoms with E-state index in [2.05, 4.69) is 14.8 Å². The first-order chi connectivity index (χ1) is 13.4. The molecule has 9 heteroatoms. The zero-order valence-corrected chi connectivity index (χ0v) is 16.3. The van der Waals surface area contributed by atoms with Crippen LogP contribution < -0.4 is 4.74 Å². The molecule has 0 fully saturated rings. The number of carbonyl (C=O) groups is 1. The van der Waals surface area contributed by atoms with Crippen LogP contribution in [0.3, 0.4) is 0 Å². The Balaban J connectivity index is 2.28. The average Bonchev–Trinajstić information content (AvgIpc) is 2.99. The Kier molecular flexibility index (Phi) is 5.04. The lowest BCUT2D eigenvalue weighted by Crippen LogP contribution is -2.47. The summed E-state index contributed by atoms with van der Waals surface area (Å²) in [5.74, 6) is -1.19. The van der Waals surface area contributed by atoms with Gasteiger partial charge in [-0.15, -0.1) is 0 Å². The number of halogens is 2. The molecule has 2 N–H and O–H groups in total. The summed E-state index contributed by atoms with van der Waals surface area (Å²) in [6, 6.07) is 7.43. The van der Waals surface area contributed by atoms with E-state index in [0.29, 0.717) is 22.3 Å². The number of aromatic carboxylic acids is 1. The molecule has 0 spiro atoms.